The first-order valence-corrected chi connectivity index (χ1v) is 10.8. The summed E-state index contributed by atoms with van der Waals surface area (Å²) < 4.78 is 44.1. The van der Waals surface area contributed by atoms with Crippen LogP contribution in [0.5, 0.6) is 5.75 Å². The molecule has 0 radical (unpaired) electrons. The van der Waals surface area contributed by atoms with Gasteiger partial charge in [0.05, 0.1) is 11.1 Å². The summed E-state index contributed by atoms with van der Waals surface area (Å²) in [5, 5.41) is 5.08. The number of amides is 1. The molecule has 0 aliphatic rings. The monoisotopic (exact) mass is 469 g/mol. The Morgan fingerprint density at radius 1 is 1.00 bits per heavy atom. The highest BCUT2D eigenvalue weighted by molar-refractivity contribution is 7.13. The molecule has 33 heavy (non-hydrogen) atoms. The molecule has 1 amide bonds. The zero-order valence-electron chi connectivity index (χ0n) is 17.2. The largest absolute Gasteiger partial charge is 0.488 e. The predicted octanol–water partition coefficient (Wildman–Crippen LogP) is 5.73. The van der Waals surface area contributed by atoms with Crippen LogP contribution in [0.1, 0.15) is 27.2 Å². The maximum Gasteiger partial charge on any atom is 0.416 e. The Morgan fingerprint density at radius 2 is 1.79 bits per heavy atom. The van der Waals surface area contributed by atoms with Crippen molar-refractivity contribution in [3.8, 4) is 16.3 Å². The standard InChI is InChI=1S/C24H18F3N3O2S/c25-24(26,27)18-9-7-16(8-10-18)14-32-21-6-2-1-5-19(21)23-30-20(15-33-23)22(31)29-13-17-4-3-11-28-12-17/h1-12,15H,13-14H2,(H,29,31). The smallest absolute Gasteiger partial charge is 0.416 e. The Labute approximate surface area is 191 Å². The fraction of sp³-hybridized carbons (Fsp3) is 0.125. The molecular weight excluding hydrogens is 451 g/mol. The van der Waals surface area contributed by atoms with Gasteiger partial charge in [0, 0.05) is 24.3 Å². The fourth-order valence-electron chi connectivity index (χ4n) is 3.00. The maximum atomic E-state index is 12.7. The summed E-state index contributed by atoms with van der Waals surface area (Å²) in [6, 6.07) is 15.7. The lowest BCUT2D eigenvalue weighted by molar-refractivity contribution is -0.137. The lowest BCUT2D eigenvalue weighted by atomic mass is 10.1. The van der Waals surface area contributed by atoms with Gasteiger partial charge < -0.3 is 10.1 Å². The van der Waals surface area contributed by atoms with E-state index in [-0.39, 0.29) is 18.2 Å². The van der Waals surface area contributed by atoms with Crippen molar-refractivity contribution in [3.05, 3.63) is 101 Å². The molecule has 168 valence electrons. The SMILES string of the molecule is O=C(NCc1cccnc1)c1csc(-c2ccccc2OCc2ccc(C(F)(F)F)cc2)n1. The van der Waals surface area contributed by atoms with E-state index in [4.69, 9.17) is 4.74 Å². The van der Waals surface area contributed by atoms with Gasteiger partial charge in [0.15, 0.2) is 0 Å². The van der Waals surface area contributed by atoms with Crippen LogP contribution in [0.15, 0.2) is 78.4 Å². The highest BCUT2D eigenvalue weighted by Gasteiger charge is 2.29. The molecule has 2 aromatic heterocycles. The minimum absolute atomic E-state index is 0.0962. The van der Waals surface area contributed by atoms with Crippen molar-refractivity contribution in [3.63, 3.8) is 0 Å². The highest BCUT2D eigenvalue weighted by atomic mass is 32.1. The molecule has 0 saturated carbocycles. The van der Waals surface area contributed by atoms with Gasteiger partial charge >= 0.3 is 6.18 Å². The van der Waals surface area contributed by atoms with E-state index in [0.29, 0.717) is 28.4 Å². The van der Waals surface area contributed by atoms with Crippen molar-refractivity contribution < 1.29 is 22.7 Å². The number of alkyl halides is 3. The number of rotatable bonds is 7. The third-order valence-corrected chi connectivity index (χ3v) is 5.58. The van der Waals surface area contributed by atoms with Crippen LogP contribution in [0.4, 0.5) is 13.2 Å². The number of thiazole rings is 1. The van der Waals surface area contributed by atoms with Crippen molar-refractivity contribution in [1.29, 1.82) is 0 Å². The third-order valence-electron chi connectivity index (χ3n) is 4.71. The van der Waals surface area contributed by atoms with E-state index in [1.54, 1.807) is 36.0 Å². The lowest BCUT2D eigenvalue weighted by Gasteiger charge is -2.11. The summed E-state index contributed by atoms with van der Waals surface area (Å²) in [6.07, 6.45) is -1.04. The molecule has 0 spiro atoms. The van der Waals surface area contributed by atoms with Crippen LogP contribution >= 0.6 is 11.3 Å². The second-order valence-corrected chi connectivity index (χ2v) is 7.92. The third kappa shape index (κ3) is 5.75. The zero-order chi connectivity index (χ0) is 23.3. The van der Waals surface area contributed by atoms with E-state index in [1.807, 2.05) is 18.2 Å². The van der Waals surface area contributed by atoms with E-state index < -0.39 is 11.7 Å². The highest BCUT2D eigenvalue weighted by Crippen LogP contribution is 2.33. The lowest BCUT2D eigenvalue weighted by Crippen LogP contribution is -2.23. The normalized spacial score (nSPS) is 11.2. The van der Waals surface area contributed by atoms with Gasteiger partial charge in [-0.05, 0) is 41.5 Å². The number of aromatic nitrogens is 2. The Bertz CT molecular complexity index is 1230. The van der Waals surface area contributed by atoms with Crippen molar-refractivity contribution >= 4 is 17.2 Å². The van der Waals surface area contributed by atoms with Crippen LogP contribution in [0, 0.1) is 0 Å². The average molecular weight is 469 g/mol. The van der Waals surface area contributed by atoms with Crippen LogP contribution in [0.25, 0.3) is 10.6 Å². The van der Waals surface area contributed by atoms with E-state index in [1.165, 1.54) is 23.5 Å². The first-order chi connectivity index (χ1) is 15.9. The Morgan fingerprint density at radius 3 is 2.52 bits per heavy atom. The van der Waals surface area contributed by atoms with E-state index >= 15 is 0 Å². The van der Waals surface area contributed by atoms with Gasteiger partial charge in [-0.2, -0.15) is 13.2 Å². The Kier molecular flexibility index (Phi) is 6.69. The van der Waals surface area contributed by atoms with Crippen molar-refractivity contribution in [2.45, 2.75) is 19.3 Å². The van der Waals surface area contributed by atoms with Gasteiger partial charge in [-0.15, -0.1) is 11.3 Å². The number of benzene rings is 2. The second kappa shape index (κ2) is 9.83. The molecule has 0 unspecified atom stereocenters. The molecule has 5 nitrogen and oxygen atoms in total. The maximum absolute atomic E-state index is 12.7. The summed E-state index contributed by atoms with van der Waals surface area (Å²) in [6.45, 7) is 0.436. The molecular formula is C24H18F3N3O2S. The van der Waals surface area contributed by atoms with Crippen LogP contribution in [0.2, 0.25) is 0 Å². The molecule has 4 aromatic rings. The number of carbonyl (C=O) groups excluding carboxylic acids is 1. The number of nitrogens with one attached hydrogen (secondary N) is 1. The van der Waals surface area contributed by atoms with Crippen molar-refractivity contribution in [2.24, 2.45) is 0 Å². The quantitative estimate of drug-likeness (QED) is 0.375. The van der Waals surface area contributed by atoms with Gasteiger partial charge in [0.25, 0.3) is 5.91 Å². The number of halogens is 3. The molecule has 0 aliphatic carbocycles. The van der Waals surface area contributed by atoms with Gasteiger partial charge in [0.2, 0.25) is 0 Å². The first kappa shape index (κ1) is 22.5. The minimum atomic E-state index is -4.38. The zero-order valence-corrected chi connectivity index (χ0v) is 18.0. The number of pyridine rings is 1. The fourth-order valence-corrected chi connectivity index (χ4v) is 3.83. The molecule has 1 N–H and O–H groups in total. The van der Waals surface area contributed by atoms with Gasteiger partial charge in [-0.3, -0.25) is 9.78 Å². The summed E-state index contributed by atoms with van der Waals surface area (Å²) in [5.74, 6) is 0.221. The Balaban J connectivity index is 1.43. The number of nitrogens with zero attached hydrogens (tertiary/aromatic N) is 2. The number of para-hydroxylation sites is 1. The molecule has 0 fully saturated rings. The molecule has 0 atom stereocenters. The molecule has 0 aliphatic heterocycles. The molecule has 9 heteroatoms. The van der Waals surface area contributed by atoms with E-state index in [9.17, 15) is 18.0 Å². The minimum Gasteiger partial charge on any atom is -0.488 e. The molecule has 2 aromatic carbocycles. The summed E-state index contributed by atoms with van der Waals surface area (Å²) in [5.41, 5.74) is 1.76. The Hall–Kier alpha value is -3.72. The summed E-state index contributed by atoms with van der Waals surface area (Å²) >= 11 is 1.30. The topological polar surface area (TPSA) is 64.1 Å². The number of hydrogen-bond acceptors (Lipinski definition) is 5. The summed E-state index contributed by atoms with van der Waals surface area (Å²) in [4.78, 5) is 20.9. The summed E-state index contributed by atoms with van der Waals surface area (Å²) in [7, 11) is 0. The van der Waals surface area contributed by atoms with E-state index in [2.05, 4.69) is 15.3 Å². The number of ether oxygens (including phenoxy) is 1. The molecule has 4 rings (SSSR count). The molecule has 0 saturated heterocycles. The van der Waals surface area contributed by atoms with Crippen LogP contribution in [-0.2, 0) is 19.3 Å². The van der Waals surface area contributed by atoms with Crippen molar-refractivity contribution in [1.82, 2.24) is 15.3 Å². The van der Waals surface area contributed by atoms with Gasteiger partial charge in [-0.1, -0.05) is 30.3 Å². The number of carbonyl (C=O) groups is 1. The second-order valence-electron chi connectivity index (χ2n) is 7.06. The average Bonchev–Trinajstić information content (AvgIpc) is 3.32. The van der Waals surface area contributed by atoms with Gasteiger partial charge in [0.1, 0.15) is 23.1 Å². The van der Waals surface area contributed by atoms with Crippen LogP contribution < -0.4 is 10.1 Å². The van der Waals surface area contributed by atoms with Gasteiger partial charge in [-0.25, -0.2) is 4.98 Å². The van der Waals surface area contributed by atoms with Crippen molar-refractivity contribution in [2.75, 3.05) is 0 Å². The predicted molar refractivity (Wildman–Crippen MR) is 119 cm³/mol. The molecule has 2 heterocycles. The van der Waals surface area contributed by atoms with Crippen LogP contribution in [0.3, 0.4) is 0 Å². The molecule has 0 bridgehead atoms. The first-order valence-electron chi connectivity index (χ1n) is 9.91. The van der Waals surface area contributed by atoms with E-state index in [0.717, 1.165) is 17.7 Å². The van der Waals surface area contributed by atoms with Crippen LogP contribution in [-0.4, -0.2) is 15.9 Å². The number of hydrogen-bond donors (Lipinski definition) is 1.